The molecule has 1 aromatic heterocycles. The maximum Gasteiger partial charge on any atom is 0.266 e. The van der Waals surface area contributed by atoms with E-state index in [4.69, 9.17) is 4.52 Å². The summed E-state index contributed by atoms with van der Waals surface area (Å²) < 4.78 is 19.8. The molecule has 0 amide bonds. The summed E-state index contributed by atoms with van der Waals surface area (Å²) in [4.78, 5) is 0. The summed E-state index contributed by atoms with van der Waals surface area (Å²) in [5, 5.41) is 44.9. The smallest absolute Gasteiger partial charge is 0.266 e. The number of aryl methyl sites for hydroxylation is 1. The van der Waals surface area contributed by atoms with Gasteiger partial charge in [0.2, 0.25) is 0 Å². The van der Waals surface area contributed by atoms with Gasteiger partial charge >= 0.3 is 0 Å². The molecule has 5 N–H and O–H groups in total. The lowest BCUT2D eigenvalue weighted by Crippen LogP contribution is -2.58. The zero-order chi connectivity index (χ0) is 18.9. The molecule has 142 valence electrons. The van der Waals surface area contributed by atoms with Crippen LogP contribution in [-0.2, 0) is 9.09 Å². The molecule has 0 spiro atoms. The van der Waals surface area contributed by atoms with Crippen LogP contribution < -0.4 is 9.94 Å². The number of aliphatic hydroxyl groups is 4. The molecule has 0 aliphatic carbocycles. The molecular weight excluding hydrogens is 377 g/mol. The van der Waals surface area contributed by atoms with Crippen molar-refractivity contribution in [2.75, 3.05) is 11.9 Å². The highest BCUT2D eigenvalue weighted by molar-refractivity contribution is 7.73. The topological polar surface area (TPSA) is 119 Å². The van der Waals surface area contributed by atoms with Gasteiger partial charge in [0.1, 0.15) is 30.2 Å². The number of nitrogens with one attached hydrogen (secondary N) is 1. The van der Waals surface area contributed by atoms with Crippen molar-refractivity contribution in [3.8, 4) is 0 Å². The quantitative estimate of drug-likeness (QED) is 0.474. The van der Waals surface area contributed by atoms with Crippen LogP contribution in [0.15, 0.2) is 41.8 Å². The predicted molar refractivity (Wildman–Crippen MR) is 100 cm³/mol. The fourth-order valence-electron chi connectivity index (χ4n) is 2.92. The monoisotopic (exact) mass is 399 g/mol. The highest BCUT2D eigenvalue weighted by atomic mass is 32.1. The molecule has 9 heteroatoms. The zero-order valence-corrected chi connectivity index (χ0v) is 15.8. The number of hydrogen-bond donors (Lipinski definition) is 5. The van der Waals surface area contributed by atoms with E-state index in [1.54, 1.807) is 29.6 Å². The molecular formula is C17H22NO6PS. The number of hydrogen-bond acceptors (Lipinski definition) is 8. The van der Waals surface area contributed by atoms with E-state index in [-0.39, 0.29) is 0 Å². The van der Waals surface area contributed by atoms with Crippen LogP contribution in [-0.4, -0.2) is 57.2 Å². The summed E-state index contributed by atoms with van der Waals surface area (Å²) in [5.41, 5.74) is 1.66. The van der Waals surface area contributed by atoms with Gasteiger partial charge in [0.25, 0.3) is 7.37 Å². The fraction of sp³-hybridized carbons (Fsp3) is 0.412. The van der Waals surface area contributed by atoms with Gasteiger partial charge in [-0.05, 0) is 30.5 Å². The molecule has 2 aromatic rings. The van der Waals surface area contributed by atoms with Gasteiger partial charge in [0.15, 0.2) is 0 Å². The van der Waals surface area contributed by atoms with E-state index in [0.717, 1.165) is 5.56 Å². The van der Waals surface area contributed by atoms with Gasteiger partial charge in [0.05, 0.1) is 11.2 Å². The molecule has 1 unspecified atom stereocenters. The second-order valence-corrected chi connectivity index (χ2v) is 10.00. The molecule has 0 radical (unpaired) electrons. The van der Waals surface area contributed by atoms with Crippen LogP contribution in [0.2, 0.25) is 0 Å². The Morgan fingerprint density at radius 1 is 1.23 bits per heavy atom. The van der Waals surface area contributed by atoms with Crippen molar-refractivity contribution in [1.29, 1.82) is 0 Å². The number of aliphatic hydroxyl groups excluding tert-OH is 4. The molecule has 1 saturated heterocycles. The summed E-state index contributed by atoms with van der Waals surface area (Å²) in [7, 11) is -3.70. The van der Waals surface area contributed by atoms with Gasteiger partial charge in [-0.2, -0.15) is 0 Å². The number of benzene rings is 1. The Morgan fingerprint density at radius 2 is 1.92 bits per heavy atom. The second kappa shape index (κ2) is 7.78. The van der Waals surface area contributed by atoms with Gasteiger partial charge in [0, 0.05) is 5.69 Å². The van der Waals surface area contributed by atoms with Gasteiger partial charge in [-0.25, -0.2) is 0 Å². The van der Waals surface area contributed by atoms with Crippen LogP contribution in [0.5, 0.6) is 0 Å². The maximum absolute atomic E-state index is 13.7. The first-order valence-electron chi connectivity index (χ1n) is 8.17. The first-order chi connectivity index (χ1) is 12.4. The van der Waals surface area contributed by atoms with Crippen LogP contribution in [0.3, 0.4) is 0 Å². The van der Waals surface area contributed by atoms with E-state index in [0.29, 0.717) is 10.3 Å². The second-order valence-electron chi connectivity index (χ2n) is 6.30. The van der Waals surface area contributed by atoms with Crippen LogP contribution in [0.25, 0.3) is 0 Å². The molecule has 2 heterocycles. The molecule has 0 saturated carbocycles. The van der Waals surface area contributed by atoms with E-state index >= 15 is 0 Å². The van der Waals surface area contributed by atoms with Crippen LogP contribution in [0.4, 0.5) is 5.69 Å². The number of thiophene rings is 1. The van der Waals surface area contributed by atoms with Crippen molar-refractivity contribution < 1.29 is 29.5 Å². The Bertz CT molecular complexity index is 768. The minimum Gasteiger partial charge on any atom is -0.394 e. The van der Waals surface area contributed by atoms with E-state index in [9.17, 15) is 25.0 Å². The Kier molecular flexibility index (Phi) is 5.84. The molecule has 1 fully saturated rings. The Balaban J connectivity index is 1.99. The first-order valence-corrected chi connectivity index (χ1v) is 10.7. The molecule has 0 bridgehead atoms. The van der Waals surface area contributed by atoms with Crippen molar-refractivity contribution in [2.45, 2.75) is 37.1 Å². The number of rotatable bonds is 5. The molecule has 1 aliphatic rings. The highest BCUT2D eigenvalue weighted by Crippen LogP contribution is 2.58. The Morgan fingerprint density at radius 3 is 2.50 bits per heavy atom. The molecule has 3 rings (SSSR count). The predicted octanol–water partition coefficient (Wildman–Crippen LogP) is 0.872. The molecule has 1 aliphatic heterocycles. The summed E-state index contributed by atoms with van der Waals surface area (Å²) >= 11 is 1.20. The fourth-order valence-corrected chi connectivity index (χ4v) is 6.94. The Hall–Kier alpha value is -1.25. The van der Waals surface area contributed by atoms with Crippen molar-refractivity contribution in [1.82, 2.24) is 0 Å². The van der Waals surface area contributed by atoms with Gasteiger partial charge in [-0.3, -0.25) is 4.57 Å². The minimum atomic E-state index is -3.70. The first kappa shape index (κ1) is 19.5. The SMILES string of the molecule is Cc1ccc(N[C@H]2[C@@H](O)[C@@H](O)[C@@H]([C@H](O)CO)OP2(=O)c2cccs2)cc1. The maximum atomic E-state index is 13.7. The van der Waals surface area contributed by atoms with Crippen molar-refractivity contribution in [3.63, 3.8) is 0 Å². The summed E-state index contributed by atoms with van der Waals surface area (Å²) in [6, 6.07) is 10.6. The molecule has 7 nitrogen and oxygen atoms in total. The van der Waals surface area contributed by atoms with Gasteiger partial charge in [-0.1, -0.05) is 23.8 Å². The third-order valence-corrected chi connectivity index (χ3v) is 8.64. The minimum absolute atomic E-state index is 0.406. The summed E-state index contributed by atoms with van der Waals surface area (Å²) in [6.45, 7) is 1.25. The average Bonchev–Trinajstić information content (AvgIpc) is 3.18. The standard InChI is InChI=1S/C17H22NO6PS/c1-10-4-6-11(7-5-10)18-17-15(22)14(21)16(12(20)9-19)24-25(17,23)13-3-2-8-26-13/h2-8,12,14-22H,9H2,1H3/t12-,14-,15+,16-,17-,25?/m1/s1. The van der Waals surface area contributed by atoms with Crippen molar-refractivity contribution >= 4 is 29.0 Å². The highest BCUT2D eigenvalue weighted by Gasteiger charge is 2.54. The number of anilines is 1. The van der Waals surface area contributed by atoms with Crippen molar-refractivity contribution in [3.05, 3.63) is 47.3 Å². The molecule has 1 aromatic carbocycles. The lowest BCUT2D eigenvalue weighted by atomic mass is 10.0. The van der Waals surface area contributed by atoms with E-state index in [2.05, 4.69) is 5.32 Å². The van der Waals surface area contributed by atoms with Crippen LogP contribution in [0, 0.1) is 6.92 Å². The largest absolute Gasteiger partial charge is 0.394 e. The van der Waals surface area contributed by atoms with Crippen molar-refractivity contribution in [2.24, 2.45) is 0 Å². The zero-order valence-electron chi connectivity index (χ0n) is 14.1. The average molecular weight is 399 g/mol. The summed E-state index contributed by atoms with van der Waals surface area (Å²) in [6.07, 6.45) is -5.81. The third kappa shape index (κ3) is 3.59. The van der Waals surface area contributed by atoms with Crippen LogP contribution in [0.1, 0.15) is 5.56 Å². The van der Waals surface area contributed by atoms with Crippen LogP contribution >= 0.6 is 18.7 Å². The third-order valence-electron chi connectivity index (χ3n) is 4.40. The van der Waals surface area contributed by atoms with Gasteiger partial charge in [-0.15, -0.1) is 11.3 Å². The summed E-state index contributed by atoms with van der Waals surface area (Å²) in [5.74, 6) is -1.10. The van der Waals surface area contributed by atoms with E-state index < -0.39 is 44.2 Å². The molecule has 6 atom stereocenters. The van der Waals surface area contributed by atoms with E-state index in [1.807, 2.05) is 19.1 Å². The molecule has 26 heavy (non-hydrogen) atoms. The Labute approximate surface area is 155 Å². The van der Waals surface area contributed by atoms with E-state index in [1.165, 1.54) is 11.3 Å². The normalized spacial score (nSPS) is 33.0. The lowest BCUT2D eigenvalue weighted by Gasteiger charge is -2.43. The van der Waals surface area contributed by atoms with Gasteiger partial charge < -0.3 is 30.3 Å². The lowest BCUT2D eigenvalue weighted by molar-refractivity contribution is -0.115.